The predicted molar refractivity (Wildman–Crippen MR) is 185 cm³/mol. The van der Waals surface area contributed by atoms with Crippen LogP contribution >= 0.6 is 0 Å². The number of carbonyl (C=O) groups excluding carboxylic acids is 2. The minimum atomic E-state index is -1.15. The molecule has 5 aliphatic carbocycles. The molecule has 0 aromatic rings. The van der Waals surface area contributed by atoms with Crippen LogP contribution in [0.4, 0.5) is 0 Å². The number of carbonyl (C=O) groups is 2. The van der Waals surface area contributed by atoms with E-state index in [9.17, 15) is 14.7 Å². The Labute approximate surface area is 295 Å². The Morgan fingerprint density at radius 3 is 2.43 bits per heavy atom. The molecule has 49 heavy (non-hydrogen) atoms. The molecule has 10 nitrogen and oxygen atoms in total. The van der Waals surface area contributed by atoms with Crippen LogP contribution in [-0.4, -0.2) is 103 Å². The summed E-state index contributed by atoms with van der Waals surface area (Å²) in [5.74, 6) is 2.18. The summed E-state index contributed by atoms with van der Waals surface area (Å²) in [6.45, 7) is 16.3. The van der Waals surface area contributed by atoms with Crippen molar-refractivity contribution in [1.29, 1.82) is 0 Å². The van der Waals surface area contributed by atoms with Gasteiger partial charge in [0.2, 0.25) is 6.41 Å². The Morgan fingerprint density at radius 1 is 1.02 bits per heavy atom. The van der Waals surface area contributed by atoms with Gasteiger partial charge in [-0.25, -0.2) is 0 Å². The highest BCUT2D eigenvalue weighted by Gasteiger charge is 2.80. The molecular weight excluding hydrogens is 626 g/mol. The van der Waals surface area contributed by atoms with E-state index in [2.05, 4.69) is 20.8 Å². The lowest BCUT2D eigenvalue weighted by molar-refractivity contribution is -0.230. The number of aliphatic hydroxyl groups excluding tert-OH is 1. The molecule has 0 radical (unpaired) electrons. The first-order chi connectivity index (χ1) is 23.2. The minimum Gasteiger partial charge on any atom is -0.457 e. The third kappa shape index (κ3) is 6.20. The smallest absolute Gasteiger partial charge is 0.303 e. The van der Waals surface area contributed by atoms with Crippen LogP contribution < -0.4 is 0 Å². The van der Waals surface area contributed by atoms with E-state index >= 15 is 0 Å². The lowest BCUT2D eigenvalue weighted by Gasteiger charge is -2.59. The van der Waals surface area contributed by atoms with Crippen molar-refractivity contribution in [2.45, 2.75) is 155 Å². The van der Waals surface area contributed by atoms with Gasteiger partial charge in [-0.1, -0.05) is 20.8 Å². The number of ether oxygens (including phenoxy) is 5. The van der Waals surface area contributed by atoms with E-state index in [1.807, 2.05) is 6.92 Å². The second-order valence-corrected chi connectivity index (χ2v) is 18.0. The maximum Gasteiger partial charge on any atom is 0.303 e. The lowest BCUT2D eigenvalue weighted by atomic mass is 9.46. The number of amides is 1. The van der Waals surface area contributed by atoms with Crippen molar-refractivity contribution >= 4 is 12.4 Å². The van der Waals surface area contributed by atoms with Crippen molar-refractivity contribution in [3.05, 3.63) is 0 Å². The third-order valence-corrected chi connectivity index (χ3v) is 15.0. The Kier molecular flexibility index (Phi) is 10.4. The number of hydrogen-bond acceptors (Lipinski definition) is 9. The molecule has 2 saturated heterocycles. The second-order valence-electron chi connectivity index (χ2n) is 18.0. The molecule has 10 heteroatoms. The summed E-state index contributed by atoms with van der Waals surface area (Å²) in [5.41, 5.74) is -0.0148. The SMILES string of the molecule is CCO[C@H]1COC(O[C@H]2CCC34C[C@]35CCC3(C)C6CCC([C@H](OC(C)=O)C(C)(C)O)OC6CC3C5CCC4C2(C)C)CN(C=O)C1.CO.[HH]. The average Bonchev–Trinajstić information content (AvgIpc) is 3.68. The quantitative estimate of drug-likeness (QED) is 0.256. The zero-order valence-electron chi connectivity index (χ0n) is 31.4. The fourth-order valence-electron chi connectivity index (χ4n) is 13.1. The number of nitrogens with zero attached hydrogens (tertiary/aromatic N) is 1. The highest BCUT2D eigenvalue weighted by Crippen LogP contribution is 2.87. The molecule has 2 aliphatic heterocycles. The standard InChI is InChI=1S/C38H61NO8.CH4O.H2/c1-8-43-24-18-39(22-40)19-32(44-20-24)47-31-13-14-38-21-37(38)16-15-36(7)26-9-11-28(33(35(5,6)42)45-23(2)41)46-29(26)17-27(36)25(37)10-12-30(38)34(31,3)4;1-2;/h22,24-33,42H,8-21H2,1-7H3;2H,1H3;1H/t24-,25?,26?,27?,28?,29?,30?,31+,32?,33+,36?,37+,38?;;/m1../s1. The normalized spacial score (nSPS) is 45.8. The fraction of sp³-hybridized carbons (Fsp3) is 0.949. The van der Waals surface area contributed by atoms with Crippen molar-refractivity contribution < 1.29 is 44.9 Å². The Bertz CT molecular complexity index is 1210. The highest BCUT2D eigenvalue weighted by molar-refractivity contribution is 5.66. The van der Waals surface area contributed by atoms with Gasteiger partial charge in [0.05, 0.1) is 43.2 Å². The summed E-state index contributed by atoms with van der Waals surface area (Å²) in [4.78, 5) is 25.5. The van der Waals surface area contributed by atoms with E-state index in [1.165, 1.54) is 45.4 Å². The highest BCUT2D eigenvalue weighted by atomic mass is 16.7. The molecule has 7 rings (SSSR count). The second kappa shape index (κ2) is 13.6. The summed E-state index contributed by atoms with van der Waals surface area (Å²) in [6.07, 6.45) is 11.4. The summed E-state index contributed by atoms with van der Waals surface area (Å²) in [6, 6.07) is 0. The van der Waals surface area contributed by atoms with Crippen LogP contribution in [0.2, 0.25) is 0 Å². The Balaban J connectivity index is 0.00000159. The largest absolute Gasteiger partial charge is 0.457 e. The number of hydrogen-bond donors (Lipinski definition) is 2. The number of fused-ring (bicyclic) bond motifs is 4. The van der Waals surface area contributed by atoms with Gasteiger partial charge in [0.15, 0.2) is 12.4 Å². The predicted octanol–water partition coefficient (Wildman–Crippen LogP) is 5.36. The number of esters is 1. The van der Waals surface area contributed by atoms with E-state index in [4.69, 9.17) is 28.8 Å². The molecule has 2 heterocycles. The minimum absolute atomic E-state index is 0. The zero-order valence-corrected chi connectivity index (χ0v) is 31.4. The van der Waals surface area contributed by atoms with Crippen molar-refractivity contribution in [3.8, 4) is 0 Å². The van der Waals surface area contributed by atoms with Crippen LogP contribution in [0, 0.1) is 45.3 Å². The van der Waals surface area contributed by atoms with Gasteiger partial charge in [0.1, 0.15) is 0 Å². The van der Waals surface area contributed by atoms with Crippen LogP contribution in [0.3, 0.4) is 0 Å². The molecule has 9 unspecified atom stereocenters. The Morgan fingerprint density at radius 2 is 1.76 bits per heavy atom. The van der Waals surface area contributed by atoms with Crippen molar-refractivity contribution in [1.82, 2.24) is 4.90 Å². The molecule has 0 aromatic heterocycles. The van der Waals surface area contributed by atoms with Gasteiger partial charge in [-0.3, -0.25) is 9.59 Å². The van der Waals surface area contributed by atoms with Crippen molar-refractivity contribution in [3.63, 3.8) is 0 Å². The molecule has 7 fully saturated rings. The van der Waals surface area contributed by atoms with Gasteiger partial charge < -0.3 is 38.8 Å². The molecule has 282 valence electrons. The Hall–Kier alpha value is -1.30. The third-order valence-electron chi connectivity index (χ3n) is 15.0. The molecule has 2 spiro atoms. The van der Waals surface area contributed by atoms with Crippen molar-refractivity contribution in [2.75, 3.05) is 33.4 Å². The van der Waals surface area contributed by atoms with E-state index in [-0.39, 0.29) is 42.6 Å². The van der Waals surface area contributed by atoms with Crippen LogP contribution in [0.5, 0.6) is 0 Å². The molecular formula is C39H67NO9. The van der Waals surface area contributed by atoms with Crippen LogP contribution in [0.1, 0.15) is 114 Å². The molecule has 7 aliphatic rings. The van der Waals surface area contributed by atoms with Gasteiger partial charge in [-0.15, -0.1) is 0 Å². The van der Waals surface area contributed by atoms with E-state index in [0.29, 0.717) is 54.9 Å². The summed E-state index contributed by atoms with van der Waals surface area (Å²) < 4.78 is 31.4. The summed E-state index contributed by atoms with van der Waals surface area (Å²) >= 11 is 0. The fourth-order valence-corrected chi connectivity index (χ4v) is 13.1. The molecule has 13 atom stereocenters. The van der Waals surface area contributed by atoms with Gasteiger partial charge in [0, 0.05) is 28.6 Å². The summed E-state index contributed by atoms with van der Waals surface area (Å²) in [5, 5.41) is 17.9. The van der Waals surface area contributed by atoms with Crippen LogP contribution in [0.15, 0.2) is 0 Å². The number of rotatable bonds is 8. The van der Waals surface area contributed by atoms with Crippen molar-refractivity contribution in [2.24, 2.45) is 45.3 Å². The maximum atomic E-state index is 12.0. The first-order valence-electron chi connectivity index (χ1n) is 19.3. The van der Waals surface area contributed by atoms with Gasteiger partial charge in [-0.05, 0) is 130 Å². The topological polar surface area (TPSA) is 124 Å². The first-order valence-corrected chi connectivity index (χ1v) is 19.3. The molecule has 0 bridgehead atoms. The van der Waals surface area contributed by atoms with E-state index in [1.54, 1.807) is 18.7 Å². The van der Waals surface area contributed by atoms with E-state index < -0.39 is 18.0 Å². The van der Waals surface area contributed by atoms with Crippen LogP contribution in [-0.2, 0) is 33.3 Å². The average molecular weight is 694 g/mol. The molecule has 0 aromatic carbocycles. The molecule has 1 amide bonds. The number of aliphatic hydroxyl groups is 2. The maximum absolute atomic E-state index is 12.0. The molecule has 5 saturated carbocycles. The first kappa shape index (κ1) is 37.5. The van der Waals surface area contributed by atoms with Crippen LogP contribution in [0.25, 0.3) is 0 Å². The van der Waals surface area contributed by atoms with Gasteiger partial charge in [0.25, 0.3) is 0 Å². The van der Waals surface area contributed by atoms with E-state index in [0.717, 1.165) is 45.1 Å². The lowest BCUT2D eigenvalue weighted by Crippen LogP contribution is -2.55. The van der Waals surface area contributed by atoms with Gasteiger partial charge >= 0.3 is 5.97 Å². The van der Waals surface area contributed by atoms with Gasteiger partial charge in [-0.2, -0.15) is 0 Å². The monoisotopic (exact) mass is 693 g/mol. The molecule has 2 N–H and O–H groups in total. The summed E-state index contributed by atoms with van der Waals surface area (Å²) in [7, 11) is 1.00. The zero-order chi connectivity index (χ0) is 35.6.